The van der Waals surface area contributed by atoms with Crippen molar-refractivity contribution in [1.29, 1.82) is 0 Å². The summed E-state index contributed by atoms with van der Waals surface area (Å²) in [5, 5.41) is 5.06. The van der Waals surface area contributed by atoms with Gasteiger partial charge in [0.1, 0.15) is 0 Å². The van der Waals surface area contributed by atoms with Crippen LogP contribution in [0.4, 0.5) is 0 Å². The summed E-state index contributed by atoms with van der Waals surface area (Å²) in [4.78, 5) is 13.6. The predicted molar refractivity (Wildman–Crippen MR) is 58.4 cm³/mol. The zero-order valence-electron chi connectivity index (χ0n) is 7.53. The van der Waals surface area contributed by atoms with E-state index >= 15 is 0 Å². The van der Waals surface area contributed by atoms with E-state index in [-0.39, 0.29) is 5.69 Å². The highest BCUT2D eigenvalue weighted by Crippen LogP contribution is 2.15. The van der Waals surface area contributed by atoms with Crippen LogP contribution in [-0.4, -0.2) is 14.8 Å². The van der Waals surface area contributed by atoms with Crippen molar-refractivity contribution < 1.29 is 0 Å². The summed E-state index contributed by atoms with van der Waals surface area (Å²) in [5.41, 5.74) is -0.193. The van der Waals surface area contributed by atoms with Gasteiger partial charge in [-0.25, -0.2) is 9.89 Å². The van der Waals surface area contributed by atoms with Crippen molar-refractivity contribution in [2.45, 2.75) is 13.5 Å². The van der Waals surface area contributed by atoms with Gasteiger partial charge in [-0.2, -0.15) is 0 Å². The van der Waals surface area contributed by atoms with Gasteiger partial charge in [-0.1, -0.05) is 0 Å². The van der Waals surface area contributed by atoms with Crippen molar-refractivity contribution in [3.05, 3.63) is 37.1 Å². The average molecular weight is 227 g/mol. The lowest BCUT2D eigenvalue weighted by molar-refractivity contribution is 0.761. The normalized spacial score (nSPS) is 10.6. The van der Waals surface area contributed by atoms with E-state index in [1.807, 2.05) is 19.1 Å². The van der Waals surface area contributed by atoms with E-state index < -0.39 is 0 Å². The van der Waals surface area contributed by atoms with Crippen molar-refractivity contribution >= 4 is 23.6 Å². The van der Waals surface area contributed by atoms with Crippen LogP contribution in [0.3, 0.4) is 0 Å². The molecule has 6 heteroatoms. The van der Waals surface area contributed by atoms with Gasteiger partial charge in [-0.15, -0.1) is 11.3 Å². The zero-order valence-corrected chi connectivity index (χ0v) is 9.17. The molecular formula is C8H9N3OS2. The maximum atomic E-state index is 11.3. The summed E-state index contributed by atoms with van der Waals surface area (Å²) < 4.78 is 1.93. The summed E-state index contributed by atoms with van der Waals surface area (Å²) in [6, 6.07) is 4.04. The number of aromatic nitrogens is 3. The maximum absolute atomic E-state index is 11.3. The molecule has 0 saturated carbocycles. The Kier molecular flexibility index (Phi) is 2.39. The van der Waals surface area contributed by atoms with E-state index in [1.54, 1.807) is 11.3 Å². The molecule has 2 rings (SSSR count). The Balaban J connectivity index is 2.36. The molecule has 0 amide bonds. The van der Waals surface area contributed by atoms with Crippen LogP contribution in [-0.2, 0) is 6.54 Å². The third-order valence-electron chi connectivity index (χ3n) is 1.88. The van der Waals surface area contributed by atoms with Crippen LogP contribution in [0.2, 0.25) is 0 Å². The molecule has 0 unspecified atom stereocenters. The third-order valence-corrected chi connectivity index (χ3v) is 3.18. The molecule has 2 N–H and O–H groups in total. The zero-order chi connectivity index (χ0) is 10.1. The van der Waals surface area contributed by atoms with Crippen LogP contribution in [0.25, 0.3) is 0 Å². The van der Waals surface area contributed by atoms with Crippen molar-refractivity contribution in [2.24, 2.45) is 0 Å². The molecule has 4 nitrogen and oxygen atoms in total. The first-order chi connectivity index (χ1) is 6.66. The van der Waals surface area contributed by atoms with E-state index in [9.17, 15) is 4.79 Å². The van der Waals surface area contributed by atoms with Crippen LogP contribution in [0.1, 0.15) is 9.75 Å². The van der Waals surface area contributed by atoms with Gasteiger partial charge in [0.2, 0.25) is 0 Å². The number of nitrogens with one attached hydrogen (secondary N) is 2. The number of aryl methyl sites for hydroxylation is 1. The molecule has 0 atom stereocenters. The summed E-state index contributed by atoms with van der Waals surface area (Å²) in [6.45, 7) is 2.57. The Bertz CT molecular complexity index is 518. The Morgan fingerprint density at radius 3 is 2.79 bits per heavy atom. The number of nitrogens with zero attached hydrogens (tertiary/aromatic N) is 1. The second-order valence-electron chi connectivity index (χ2n) is 2.96. The van der Waals surface area contributed by atoms with Crippen LogP contribution >= 0.6 is 23.6 Å². The summed E-state index contributed by atoms with van der Waals surface area (Å²) in [6.07, 6.45) is 0. The quantitative estimate of drug-likeness (QED) is 0.766. The fraction of sp³-hybridized carbons (Fsp3) is 0.250. The molecule has 14 heavy (non-hydrogen) atoms. The molecule has 0 spiro atoms. The second-order valence-corrected chi connectivity index (χ2v) is 4.72. The van der Waals surface area contributed by atoms with Gasteiger partial charge in [0.05, 0.1) is 6.54 Å². The van der Waals surface area contributed by atoms with Crippen LogP contribution < -0.4 is 5.69 Å². The first kappa shape index (κ1) is 9.42. The molecule has 2 aromatic heterocycles. The molecule has 2 heterocycles. The molecule has 0 radical (unpaired) electrons. The van der Waals surface area contributed by atoms with E-state index in [0.717, 1.165) is 4.88 Å². The number of aromatic amines is 2. The Morgan fingerprint density at radius 2 is 2.29 bits per heavy atom. The second kappa shape index (κ2) is 3.55. The molecule has 2 aromatic rings. The minimum Gasteiger partial charge on any atom is -0.272 e. The standard InChI is InChI=1S/C8H9N3OS2/c1-5-2-3-6(14-5)4-11-7(12)9-10-8(11)13/h2-3H,4H2,1H3,(H,9,12)(H,10,13). The lowest BCUT2D eigenvalue weighted by Crippen LogP contribution is -2.16. The minimum absolute atomic E-state index is 0.193. The maximum Gasteiger partial charge on any atom is 0.342 e. The monoisotopic (exact) mass is 227 g/mol. The third kappa shape index (κ3) is 1.71. The van der Waals surface area contributed by atoms with E-state index in [0.29, 0.717) is 11.3 Å². The van der Waals surface area contributed by atoms with Crippen molar-refractivity contribution in [3.63, 3.8) is 0 Å². The van der Waals surface area contributed by atoms with Crippen LogP contribution in [0, 0.1) is 11.7 Å². The number of thiophene rings is 1. The van der Waals surface area contributed by atoms with Gasteiger partial charge >= 0.3 is 5.69 Å². The van der Waals surface area contributed by atoms with Crippen LogP contribution in [0.15, 0.2) is 16.9 Å². The van der Waals surface area contributed by atoms with Crippen molar-refractivity contribution in [1.82, 2.24) is 14.8 Å². The Morgan fingerprint density at radius 1 is 1.50 bits per heavy atom. The highest BCUT2D eigenvalue weighted by molar-refractivity contribution is 7.71. The lowest BCUT2D eigenvalue weighted by atomic mass is 10.4. The fourth-order valence-electron chi connectivity index (χ4n) is 1.20. The Labute approximate surface area is 89.2 Å². The summed E-state index contributed by atoms with van der Waals surface area (Å²) >= 11 is 6.63. The molecular weight excluding hydrogens is 218 g/mol. The van der Waals surface area contributed by atoms with E-state index in [1.165, 1.54) is 9.44 Å². The van der Waals surface area contributed by atoms with Gasteiger partial charge in [-0.3, -0.25) is 9.67 Å². The average Bonchev–Trinajstić information content (AvgIpc) is 2.67. The first-order valence-electron chi connectivity index (χ1n) is 4.09. The van der Waals surface area contributed by atoms with Crippen LogP contribution in [0.5, 0.6) is 0 Å². The number of rotatable bonds is 2. The summed E-state index contributed by atoms with van der Waals surface area (Å²) in [7, 11) is 0. The van der Waals surface area contributed by atoms with Crippen molar-refractivity contribution in [3.8, 4) is 0 Å². The minimum atomic E-state index is -0.193. The predicted octanol–water partition coefficient (Wildman–Crippen LogP) is 1.65. The molecule has 0 fully saturated rings. The number of hydrogen-bond acceptors (Lipinski definition) is 3. The Hall–Kier alpha value is -1.14. The van der Waals surface area contributed by atoms with E-state index in [2.05, 4.69) is 10.2 Å². The highest BCUT2D eigenvalue weighted by Gasteiger charge is 2.02. The molecule has 0 bridgehead atoms. The van der Waals surface area contributed by atoms with Gasteiger partial charge in [0, 0.05) is 9.75 Å². The first-order valence-corrected chi connectivity index (χ1v) is 5.32. The number of H-pyrrole nitrogens is 2. The molecule has 0 aromatic carbocycles. The largest absolute Gasteiger partial charge is 0.342 e. The highest BCUT2D eigenvalue weighted by atomic mass is 32.1. The molecule has 74 valence electrons. The van der Waals surface area contributed by atoms with E-state index in [4.69, 9.17) is 12.2 Å². The van der Waals surface area contributed by atoms with Gasteiger partial charge < -0.3 is 0 Å². The molecule has 0 aliphatic heterocycles. The number of hydrogen-bond donors (Lipinski definition) is 2. The SMILES string of the molecule is Cc1ccc(Cn2c(=O)[nH][nH]c2=S)s1. The molecule has 0 saturated heterocycles. The van der Waals surface area contributed by atoms with Gasteiger partial charge in [-0.05, 0) is 31.3 Å². The van der Waals surface area contributed by atoms with Gasteiger partial charge in [0.25, 0.3) is 0 Å². The van der Waals surface area contributed by atoms with Gasteiger partial charge in [0.15, 0.2) is 4.77 Å². The topological polar surface area (TPSA) is 53.6 Å². The lowest BCUT2D eigenvalue weighted by Gasteiger charge is -1.95. The van der Waals surface area contributed by atoms with Crippen molar-refractivity contribution in [2.75, 3.05) is 0 Å². The molecule has 0 aliphatic rings. The smallest absolute Gasteiger partial charge is 0.272 e. The summed E-state index contributed by atoms with van der Waals surface area (Å²) in [5.74, 6) is 0. The fourth-order valence-corrected chi connectivity index (χ4v) is 2.28. The molecule has 0 aliphatic carbocycles.